The molecule has 1 aromatic heterocycles. The predicted octanol–water partition coefficient (Wildman–Crippen LogP) is 2.54. The van der Waals surface area contributed by atoms with E-state index in [4.69, 9.17) is 4.74 Å². The van der Waals surface area contributed by atoms with Crippen molar-refractivity contribution in [3.05, 3.63) is 11.9 Å². The van der Waals surface area contributed by atoms with Crippen molar-refractivity contribution in [2.75, 3.05) is 34.3 Å². The van der Waals surface area contributed by atoms with Gasteiger partial charge in [-0.3, -0.25) is 4.68 Å². The van der Waals surface area contributed by atoms with Gasteiger partial charge in [-0.1, -0.05) is 33.6 Å². The third kappa shape index (κ3) is 4.71. The van der Waals surface area contributed by atoms with Gasteiger partial charge in [0.25, 0.3) is 0 Å². The lowest BCUT2D eigenvalue weighted by atomic mass is 9.91. The molecule has 0 fully saturated rings. The standard InChI is InChI=1S/C16H32N4O/c1-7-13(8-2)15(17-9-3)16-14(21-6)12-18-20(16)11-10-19(4)5/h12-13,15,17H,7-11H2,1-6H3. The highest BCUT2D eigenvalue weighted by atomic mass is 16.5. The molecule has 0 aliphatic carbocycles. The Hall–Kier alpha value is -1.07. The van der Waals surface area contributed by atoms with Crippen LogP contribution < -0.4 is 10.1 Å². The topological polar surface area (TPSA) is 42.3 Å². The fraction of sp³-hybridized carbons (Fsp3) is 0.812. The van der Waals surface area contributed by atoms with Gasteiger partial charge in [0.2, 0.25) is 0 Å². The van der Waals surface area contributed by atoms with Crippen LogP contribution in [0.2, 0.25) is 0 Å². The molecule has 0 amide bonds. The monoisotopic (exact) mass is 296 g/mol. The van der Waals surface area contributed by atoms with Crippen LogP contribution in [0.1, 0.15) is 45.3 Å². The fourth-order valence-corrected chi connectivity index (χ4v) is 2.79. The molecule has 1 heterocycles. The van der Waals surface area contributed by atoms with Gasteiger partial charge in [0.1, 0.15) is 0 Å². The summed E-state index contributed by atoms with van der Waals surface area (Å²) in [6.07, 6.45) is 4.14. The molecular formula is C16H32N4O. The highest BCUT2D eigenvalue weighted by molar-refractivity contribution is 5.29. The van der Waals surface area contributed by atoms with Gasteiger partial charge in [0.15, 0.2) is 5.75 Å². The zero-order chi connectivity index (χ0) is 15.8. The number of aromatic nitrogens is 2. The normalized spacial score (nSPS) is 13.1. The Morgan fingerprint density at radius 3 is 2.43 bits per heavy atom. The van der Waals surface area contributed by atoms with Crippen LogP contribution in [0.25, 0.3) is 0 Å². The molecule has 1 rings (SSSR count). The van der Waals surface area contributed by atoms with Crippen molar-refractivity contribution in [3.8, 4) is 5.75 Å². The van der Waals surface area contributed by atoms with Gasteiger partial charge in [0.05, 0.1) is 31.6 Å². The van der Waals surface area contributed by atoms with Crippen molar-refractivity contribution in [1.29, 1.82) is 0 Å². The van der Waals surface area contributed by atoms with Crippen molar-refractivity contribution in [3.63, 3.8) is 0 Å². The predicted molar refractivity (Wildman–Crippen MR) is 87.8 cm³/mol. The fourth-order valence-electron chi connectivity index (χ4n) is 2.79. The molecule has 5 heteroatoms. The molecule has 0 saturated carbocycles. The zero-order valence-corrected chi connectivity index (χ0v) is 14.5. The maximum atomic E-state index is 5.56. The van der Waals surface area contributed by atoms with Crippen molar-refractivity contribution >= 4 is 0 Å². The molecule has 0 aromatic carbocycles. The van der Waals surface area contributed by atoms with Gasteiger partial charge < -0.3 is 15.0 Å². The second-order valence-corrected chi connectivity index (χ2v) is 5.74. The van der Waals surface area contributed by atoms with E-state index < -0.39 is 0 Å². The number of ether oxygens (including phenoxy) is 1. The average molecular weight is 296 g/mol. The van der Waals surface area contributed by atoms with E-state index in [9.17, 15) is 0 Å². The Bertz CT molecular complexity index is 399. The lowest BCUT2D eigenvalue weighted by Crippen LogP contribution is -2.31. The molecule has 0 saturated heterocycles. The Morgan fingerprint density at radius 2 is 1.95 bits per heavy atom. The summed E-state index contributed by atoms with van der Waals surface area (Å²) in [6, 6.07) is 0.296. The number of hydrogen-bond donors (Lipinski definition) is 1. The average Bonchev–Trinajstić information content (AvgIpc) is 2.88. The van der Waals surface area contributed by atoms with Crippen LogP contribution in [0.15, 0.2) is 6.20 Å². The van der Waals surface area contributed by atoms with E-state index in [0.717, 1.165) is 38.2 Å². The van der Waals surface area contributed by atoms with Crippen molar-refractivity contribution in [2.45, 2.75) is 46.2 Å². The summed E-state index contributed by atoms with van der Waals surface area (Å²) in [5, 5.41) is 8.17. The van der Waals surface area contributed by atoms with Gasteiger partial charge >= 0.3 is 0 Å². The highest BCUT2D eigenvalue weighted by Crippen LogP contribution is 2.33. The molecule has 21 heavy (non-hydrogen) atoms. The summed E-state index contributed by atoms with van der Waals surface area (Å²) in [5.74, 6) is 1.49. The van der Waals surface area contributed by atoms with Crippen molar-refractivity contribution in [2.24, 2.45) is 5.92 Å². The number of hydrogen-bond acceptors (Lipinski definition) is 4. The quantitative estimate of drug-likeness (QED) is 0.720. The van der Waals surface area contributed by atoms with Crippen molar-refractivity contribution in [1.82, 2.24) is 20.0 Å². The number of rotatable bonds is 10. The first-order valence-corrected chi connectivity index (χ1v) is 8.06. The third-order valence-corrected chi connectivity index (χ3v) is 4.06. The summed E-state index contributed by atoms with van der Waals surface area (Å²) in [5.41, 5.74) is 1.19. The van der Waals surface area contributed by atoms with E-state index in [2.05, 4.69) is 54.9 Å². The zero-order valence-electron chi connectivity index (χ0n) is 14.5. The van der Waals surface area contributed by atoms with Crippen LogP contribution in [-0.4, -0.2) is 49.0 Å². The van der Waals surface area contributed by atoms with Gasteiger partial charge in [-0.15, -0.1) is 0 Å². The van der Waals surface area contributed by atoms with Gasteiger partial charge in [-0.05, 0) is 26.6 Å². The molecular weight excluding hydrogens is 264 g/mol. The van der Waals surface area contributed by atoms with Gasteiger partial charge in [-0.25, -0.2) is 0 Å². The molecule has 0 spiro atoms. The minimum atomic E-state index is 0.296. The van der Waals surface area contributed by atoms with Crippen LogP contribution in [0.5, 0.6) is 5.75 Å². The first-order chi connectivity index (χ1) is 10.1. The number of nitrogens with zero attached hydrogens (tertiary/aromatic N) is 3. The maximum absolute atomic E-state index is 5.56. The van der Waals surface area contributed by atoms with Crippen LogP contribution in [0.3, 0.4) is 0 Å². The lowest BCUT2D eigenvalue weighted by molar-refractivity contribution is 0.302. The minimum Gasteiger partial charge on any atom is -0.493 e. The third-order valence-electron chi connectivity index (χ3n) is 4.06. The summed E-state index contributed by atoms with van der Waals surface area (Å²) < 4.78 is 7.66. The molecule has 5 nitrogen and oxygen atoms in total. The minimum absolute atomic E-state index is 0.296. The van der Waals surface area contributed by atoms with Crippen LogP contribution in [0, 0.1) is 5.92 Å². The second kappa shape index (κ2) is 9.05. The van der Waals surface area contributed by atoms with Crippen LogP contribution in [0.4, 0.5) is 0 Å². The Balaban J connectivity index is 3.10. The molecule has 1 atom stereocenters. The molecule has 0 aliphatic heterocycles. The number of likely N-dealkylation sites (N-methyl/N-ethyl adjacent to an activating group) is 1. The summed E-state index contributed by atoms with van der Waals surface area (Å²) in [4.78, 5) is 2.18. The Morgan fingerprint density at radius 1 is 1.29 bits per heavy atom. The van der Waals surface area contributed by atoms with E-state index in [0.29, 0.717) is 12.0 Å². The number of methoxy groups -OCH3 is 1. The molecule has 0 bridgehead atoms. The highest BCUT2D eigenvalue weighted by Gasteiger charge is 2.27. The smallest absolute Gasteiger partial charge is 0.161 e. The molecule has 0 radical (unpaired) electrons. The largest absolute Gasteiger partial charge is 0.493 e. The number of nitrogens with one attached hydrogen (secondary N) is 1. The van der Waals surface area contributed by atoms with E-state index in [1.807, 2.05) is 6.20 Å². The lowest BCUT2D eigenvalue weighted by Gasteiger charge is -2.28. The Labute approximate surface area is 129 Å². The van der Waals surface area contributed by atoms with Crippen LogP contribution in [-0.2, 0) is 6.54 Å². The SMILES string of the molecule is CCNC(c1c(OC)cnn1CCN(C)C)C(CC)CC. The summed E-state index contributed by atoms with van der Waals surface area (Å²) in [6.45, 7) is 9.47. The van der Waals surface area contributed by atoms with Crippen molar-refractivity contribution < 1.29 is 4.74 Å². The van der Waals surface area contributed by atoms with E-state index in [1.165, 1.54) is 5.69 Å². The molecule has 1 N–H and O–H groups in total. The van der Waals surface area contributed by atoms with E-state index >= 15 is 0 Å². The maximum Gasteiger partial charge on any atom is 0.161 e. The first kappa shape index (κ1) is 18.0. The summed E-state index contributed by atoms with van der Waals surface area (Å²) in [7, 11) is 5.90. The van der Waals surface area contributed by atoms with Gasteiger partial charge in [0, 0.05) is 6.54 Å². The molecule has 0 aliphatic rings. The van der Waals surface area contributed by atoms with E-state index in [-0.39, 0.29) is 0 Å². The first-order valence-electron chi connectivity index (χ1n) is 8.06. The molecule has 1 unspecified atom stereocenters. The second-order valence-electron chi connectivity index (χ2n) is 5.74. The Kier molecular flexibility index (Phi) is 7.75. The molecule has 122 valence electrons. The summed E-state index contributed by atoms with van der Waals surface area (Å²) >= 11 is 0. The van der Waals surface area contributed by atoms with Gasteiger partial charge in [-0.2, -0.15) is 5.10 Å². The molecule has 1 aromatic rings. The van der Waals surface area contributed by atoms with Crippen LogP contribution >= 0.6 is 0 Å². The van der Waals surface area contributed by atoms with E-state index in [1.54, 1.807) is 7.11 Å².